The zero-order valence-electron chi connectivity index (χ0n) is 75.1. The topological polar surface area (TPSA) is 0 Å². The maximum absolute atomic E-state index is 2.31. The van der Waals surface area contributed by atoms with Gasteiger partial charge in [0, 0.05) is 0 Å². The van der Waals surface area contributed by atoms with Crippen LogP contribution in [0.1, 0.15) is 510 Å². The molecule has 0 rings (SSSR count). The van der Waals surface area contributed by atoms with Gasteiger partial charge >= 0.3 is 0 Å². The van der Waals surface area contributed by atoms with Gasteiger partial charge in [-0.25, -0.2) is 0 Å². The summed E-state index contributed by atoms with van der Waals surface area (Å²) in [4.78, 5) is 0. The summed E-state index contributed by atoms with van der Waals surface area (Å²) >= 11 is 0. The Bertz CT molecular complexity index is 969. The Kier molecular flexibility index (Phi) is 128. The Balaban J connectivity index is -0.0000000658. The van der Waals surface area contributed by atoms with E-state index in [9.17, 15) is 0 Å². The van der Waals surface area contributed by atoms with Crippen LogP contribution in [0.15, 0.2) is 0 Å². The van der Waals surface area contributed by atoms with Crippen LogP contribution in [-0.4, -0.2) is 0 Å². The lowest BCUT2D eigenvalue weighted by Crippen LogP contribution is -2.05. The minimum atomic E-state index is 0.550. The summed E-state index contributed by atoms with van der Waals surface area (Å²) in [5, 5.41) is 0. The molecule has 0 spiro atoms. The fourth-order valence-electron chi connectivity index (χ4n) is 8.49. The molecule has 0 aliphatic heterocycles. The van der Waals surface area contributed by atoms with Crippen molar-refractivity contribution in [2.45, 2.75) is 510 Å². The van der Waals surface area contributed by atoms with Crippen molar-refractivity contribution in [2.24, 2.45) is 87.3 Å². The van der Waals surface area contributed by atoms with E-state index < -0.39 is 0 Å². The smallest absolute Gasteiger partial charge is 0.0359 e. The second-order valence-electron chi connectivity index (χ2n) is 33.9. The molecule has 0 aliphatic carbocycles. The third kappa shape index (κ3) is 176. The van der Waals surface area contributed by atoms with Crippen LogP contribution < -0.4 is 0 Å². The van der Waals surface area contributed by atoms with Crippen molar-refractivity contribution in [1.29, 1.82) is 0 Å². The van der Waals surface area contributed by atoms with Gasteiger partial charge in [-0.05, 0) is 107 Å². The summed E-state index contributed by atoms with van der Waals surface area (Å²) in [6.45, 7) is 99.6. The highest BCUT2D eigenvalue weighted by Gasteiger charge is 2.10. The predicted molar refractivity (Wildman–Crippen MR) is 447 cm³/mol. The van der Waals surface area contributed by atoms with Crippen molar-refractivity contribution in [3.63, 3.8) is 0 Å². The summed E-state index contributed by atoms with van der Waals surface area (Å²) in [7, 11) is 0. The molecule has 0 N–H and O–H groups in total. The van der Waals surface area contributed by atoms with Crippen LogP contribution in [0.5, 0.6) is 0 Å². The van der Waals surface area contributed by atoms with Gasteiger partial charge in [0.1, 0.15) is 0 Å². The van der Waals surface area contributed by atoms with Gasteiger partial charge in [0.05, 0.1) is 0 Å². The SMILES string of the molecule is CC(C)CC(C)C.CCC(C)(C)CC.CCC(C)C(C)C.CCC(C)C(C)C.CCC(CC)CC.CCCC(C)(C)C.CCCC(C)(C)C.CCCC(C)CC.CCCC(C)CC.CCCC(C)CC.CCCCC(C)C.CCCCC(C)C.CCCCCCC. The molecule has 0 heterocycles. The van der Waals surface area contributed by atoms with Crippen molar-refractivity contribution in [1.82, 2.24) is 0 Å². The van der Waals surface area contributed by atoms with Crippen LogP contribution in [0.25, 0.3) is 0 Å². The molecule has 572 valence electrons. The van der Waals surface area contributed by atoms with E-state index >= 15 is 0 Å². The van der Waals surface area contributed by atoms with Gasteiger partial charge in [-0.1, -0.05) is 491 Å². The van der Waals surface area contributed by atoms with Gasteiger partial charge in [-0.2, -0.15) is 0 Å². The molecule has 0 bridgehead atoms. The molecule has 0 nitrogen and oxygen atoms in total. The van der Waals surface area contributed by atoms with Gasteiger partial charge < -0.3 is 0 Å². The Morgan fingerprint density at radius 2 is 0.473 bits per heavy atom. The normalized spacial score (nSPS) is 12.3. The second kappa shape index (κ2) is 96.4. The monoisotopic (exact) mass is 1300 g/mol. The second-order valence-corrected chi connectivity index (χ2v) is 33.9. The van der Waals surface area contributed by atoms with E-state index in [1.807, 2.05) is 0 Å². The molecular weight excluding hydrogens is 1090 g/mol. The maximum atomic E-state index is 2.31. The molecule has 0 aromatic rings. The Morgan fingerprint density at radius 3 is 0.516 bits per heavy atom. The first-order chi connectivity index (χ1) is 42.0. The number of hydrogen-bond donors (Lipinski definition) is 0. The molecule has 0 saturated carbocycles. The fourth-order valence-corrected chi connectivity index (χ4v) is 8.49. The molecule has 5 unspecified atom stereocenters. The van der Waals surface area contributed by atoms with Crippen LogP contribution in [0.3, 0.4) is 0 Å². The number of hydrogen-bond acceptors (Lipinski definition) is 0. The van der Waals surface area contributed by atoms with E-state index in [-0.39, 0.29) is 0 Å². The van der Waals surface area contributed by atoms with Crippen LogP contribution in [0.4, 0.5) is 0 Å². The van der Waals surface area contributed by atoms with E-state index in [2.05, 4.69) is 305 Å². The van der Waals surface area contributed by atoms with E-state index in [0.717, 1.165) is 71.0 Å². The molecule has 0 fully saturated rings. The Hall–Kier alpha value is 0. The van der Waals surface area contributed by atoms with E-state index in [1.165, 1.54) is 205 Å². The first kappa shape index (κ1) is 121. The highest BCUT2D eigenvalue weighted by Crippen LogP contribution is 2.23. The van der Waals surface area contributed by atoms with Crippen molar-refractivity contribution in [3.8, 4) is 0 Å². The average molecular weight is 1300 g/mol. The zero-order chi connectivity index (χ0) is 75.1. The lowest BCUT2D eigenvalue weighted by molar-refractivity contribution is 0.338. The number of rotatable bonds is 32. The van der Waals surface area contributed by atoms with Crippen LogP contribution in [0.2, 0.25) is 0 Å². The highest BCUT2D eigenvalue weighted by molar-refractivity contribution is 4.62. The highest BCUT2D eigenvalue weighted by atomic mass is 14.2. The molecule has 0 saturated heterocycles. The molecular formula is C91H208. The Morgan fingerprint density at radius 1 is 0.231 bits per heavy atom. The van der Waals surface area contributed by atoms with Crippen LogP contribution in [0, 0.1) is 87.3 Å². The van der Waals surface area contributed by atoms with Crippen molar-refractivity contribution < 1.29 is 0 Å². The third-order valence-electron chi connectivity index (χ3n) is 18.1. The van der Waals surface area contributed by atoms with Crippen molar-refractivity contribution >= 4 is 0 Å². The molecule has 0 amide bonds. The molecule has 0 heteroatoms. The van der Waals surface area contributed by atoms with Gasteiger partial charge in [-0.15, -0.1) is 0 Å². The summed E-state index contributed by atoms with van der Waals surface area (Å²) in [5.74, 6) is 10.9. The van der Waals surface area contributed by atoms with E-state index in [1.54, 1.807) is 0 Å². The summed E-state index contributed by atoms with van der Waals surface area (Å²) in [6.07, 6.45) is 43.5. The minimum absolute atomic E-state index is 0.550. The molecule has 91 heavy (non-hydrogen) atoms. The summed E-state index contributed by atoms with van der Waals surface area (Å²) in [5.41, 5.74) is 1.68. The van der Waals surface area contributed by atoms with Gasteiger partial charge in [-0.3, -0.25) is 0 Å². The predicted octanol–water partition coefficient (Wildman–Crippen LogP) is 36.5. The summed E-state index contributed by atoms with van der Waals surface area (Å²) < 4.78 is 0. The molecule has 0 aliphatic rings. The van der Waals surface area contributed by atoms with Gasteiger partial charge in [0.25, 0.3) is 0 Å². The third-order valence-corrected chi connectivity index (χ3v) is 18.1. The zero-order valence-corrected chi connectivity index (χ0v) is 75.1. The lowest BCUT2D eigenvalue weighted by atomic mass is 9.88. The molecule has 0 aromatic heterocycles. The fraction of sp³-hybridized carbons (Fsp3) is 1.00. The first-order valence-electron chi connectivity index (χ1n) is 42.0. The first-order valence-corrected chi connectivity index (χ1v) is 42.0. The standard InChI is InChI=1S/13C7H16/c1-6(2)5-7(3)4;2*1-5-6-7(2,3)4;1-5-7(3,4)6-2;2*1-5-7(4)6(2)3;2*1-4-5-6-7(2)3;3*1-4-6-7(3)5-2;1-4-7(5-2)6-3;1-3-5-7-6-4-2/h6-7H,5H2,1-4H3;3*5-6H2,1-4H3;2*6-7H,5H2,1-4H3;6*7H,4-6H2,1-3H3;3-7H2,1-2H3. The quantitative estimate of drug-likeness (QED) is 0.0589. The lowest BCUT2D eigenvalue weighted by Gasteiger charge is -2.18. The van der Waals surface area contributed by atoms with E-state index in [4.69, 9.17) is 0 Å². The molecule has 5 atom stereocenters. The van der Waals surface area contributed by atoms with Crippen molar-refractivity contribution in [2.75, 3.05) is 0 Å². The minimum Gasteiger partial charge on any atom is -0.0654 e. The van der Waals surface area contributed by atoms with E-state index in [0.29, 0.717) is 16.2 Å². The van der Waals surface area contributed by atoms with Crippen molar-refractivity contribution in [3.05, 3.63) is 0 Å². The van der Waals surface area contributed by atoms with Gasteiger partial charge in [0.2, 0.25) is 0 Å². The van der Waals surface area contributed by atoms with Crippen LogP contribution in [-0.2, 0) is 0 Å². The maximum Gasteiger partial charge on any atom is -0.0359 e. The molecule has 0 radical (unpaired) electrons. The summed E-state index contributed by atoms with van der Waals surface area (Å²) in [6, 6.07) is 0. The average Bonchev–Trinajstić information content (AvgIpc) is 3.58. The largest absolute Gasteiger partial charge is 0.0654 e. The number of unbranched alkanes of at least 4 members (excludes halogenated alkanes) is 6. The van der Waals surface area contributed by atoms with Gasteiger partial charge in [0.15, 0.2) is 0 Å². The Labute approximate surface area is 594 Å². The van der Waals surface area contributed by atoms with Crippen LogP contribution >= 0.6 is 0 Å². The molecule has 0 aromatic carbocycles.